The molecule has 2 aromatic heterocycles. The quantitative estimate of drug-likeness (QED) is 0.291. The van der Waals surface area contributed by atoms with Crippen molar-refractivity contribution in [1.29, 1.82) is 0 Å². The molecule has 0 saturated carbocycles. The first-order chi connectivity index (χ1) is 17.9. The van der Waals surface area contributed by atoms with Crippen molar-refractivity contribution in [1.82, 2.24) is 19.6 Å². The Morgan fingerprint density at radius 2 is 1.74 bits per heavy atom. The van der Waals surface area contributed by atoms with Crippen molar-refractivity contribution >= 4 is 17.9 Å². The molecule has 1 atom stereocenters. The molecule has 38 heavy (non-hydrogen) atoms. The second-order valence-corrected chi connectivity index (χ2v) is 9.59. The van der Waals surface area contributed by atoms with Crippen LogP contribution in [0.2, 0.25) is 0 Å². The lowest BCUT2D eigenvalue weighted by atomic mass is 9.96. The Balaban J connectivity index is 0.000000332. The van der Waals surface area contributed by atoms with Crippen LogP contribution in [0.25, 0.3) is 0 Å². The normalized spacial score (nSPS) is 15.8. The maximum Gasteiger partial charge on any atom is 0.336 e. The highest BCUT2D eigenvalue weighted by molar-refractivity contribution is 5.88. The van der Waals surface area contributed by atoms with E-state index in [-0.39, 0.29) is 6.23 Å². The molecule has 1 aliphatic heterocycles. The lowest BCUT2D eigenvalue weighted by Crippen LogP contribution is -2.42. The predicted molar refractivity (Wildman–Crippen MR) is 134 cm³/mol. The SMILES string of the molecule is Cc1ccc(CN(CCN(C)C)Cc2ccnn2C2CCCCO2)o1.O=C(O)CC(O)(CC(=O)O)C(=O)O. The number of carboxylic acids is 3. The number of hydrogen-bond donors (Lipinski definition) is 4. The van der Waals surface area contributed by atoms with Crippen LogP contribution in [-0.2, 0) is 32.2 Å². The zero-order valence-corrected chi connectivity index (χ0v) is 22.1. The van der Waals surface area contributed by atoms with E-state index in [9.17, 15) is 14.4 Å². The van der Waals surface area contributed by atoms with Gasteiger partial charge < -0.3 is 34.5 Å². The summed E-state index contributed by atoms with van der Waals surface area (Å²) in [5, 5.41) is 38.3. The standard InChI is InChI=1S/C19H30N4O2.C6H8O7/c1-16-7-8-18(25-16)15-22(12-11-21(2)3)14-17-9-10-20-23(17)19-6-4-5-13-24-19;7-3(8)1-6(13,5(11)12)2-4(9)10/h7-10,19H,4-6,11-15H2,1-3H3;13H,1-2H2,(H,7,8)(H,9,10)(H,11,12). The molecule has 3 heterocycles. The Kier molecular flexibility index (Phi) is 11.9. The van der Waals surface area contributed by atoms with E-state index >= 15 is 0 Å². The monoisotopic (exact) mass is 538 g/mol. The van der Waals surface area contributed by atoms with Crippen LogP contribution in [0.1, 0.15) is 55.5 Å². The summed E-state index contributed by atoms with van der Waals surface area (Å²) in [6.45, 7) is 6.45. The Bertz CT molecular complexity index is 1030. The summed E-state index contributed by atoms with van der Waals surface area (Å²) in [6, 6.07) is 6.20. The van der Waals surface area contributed by atoms with Crippen LogP contribution in [0.3, 0.4) is 0 Å². The van der Waals surface area contributed by atoms with Crippen molar-refractivity contribution in [2.45, 2.75) is 63.9 Å². The number of nitrogens with zero attached hydrogens (tertiary/aromatic N) is 4. The predicted octanol–water partition coefficient (Wildman–Crippen LogP) is 1.80. The fourth-order valence-corrected chi connectivity index (χ4v) is 3.93. The summed E-state index contributed by atoms with van der Waals surface area (Å²) in [7, 11) is 4.21. The van der Waals surface area contributed by atoms with Gasteiger partial charge in [0, 0.05) is 32.4 Å². The zero-order valence-electron chi connectivity index (χ0n) is 22.1. The maximum atomic E-state index is 10.3. The molecule has 212 valence electrons. The molecule has 0 amide bonds. The van der Waals surface area contributed by atoms with Crippen molar-refractivity contribution in [2.24, 2.45) is 0 Å². The van der Waals surface area contributed by atoms with Crippen LogP contribution in [0.15, 0.2) is 28.8 Å². The van der Waals surface area contributed by atoms with E-state index in [2.05, 4.69) is 45.8 Å². The highest BCUT2D eigenvalue weighted by Crippen LogP contribution is 2.24. The number of aromatic nitrogens is 2. The number of aliphatic hydroxyl groups is 1. The number of aliphatic carboxylic acids is 3. The molecular formula is C25H38N4O9. The third-order valence-electron chi connectivity index (χ3n) is 5.89. The van der Waals surface area contributed by atoms with Gasteiger partial charge in [0.05, 0.1) is 25.1 Å². The van der Waals surface area contributed by atoms with E-state index in [1.165, 1.54) is 12.1 Å². The van der Waals surface area contributed by atoms with Crippen molar-refractivity contribution in [3.05, 3.63) is 41.6 Å². The number of aryl methyl sites for hydroxylation is 1. The second-order valence-electron chi connectivity index (χ2n) is 9.59. The third kappa shape index (κ3) is 10.2. The van der Waals surface area contributed by atoms with Crippen molar-refractivity contribution < 1.29 is 44.0 Å². The third-order valence-corrected chi connectivity index (χ3v) is 5.89. The first kappa shape index (κ1) is 31.0. The molecule has 3 rings (SSSR count). The first-order valence-corrected chi connectivity index (χ1v) is 12.4. The fraction of sp³-hybridized carbons (Fsp3) is 0.600. The molecule has 1 saturated heterocycles. The highest BCUT2D eigenvalue weighted by atomic mass is 16.5. The summed E-state index contributed by atoms with van der Waals surface area (Å²) >= 11 is 0. The van der Waals surface area contributed by atoms with Crippen LogP contribution >= 0.6 is 0 Å². The molecule has 0 bridgehead atoms. The second kappa shape index (κ2) is 14.6. The minimum absolute atomic E-state index is 0.0836. The maximum absolute atomic E-state index is 10.3. The number of furan rings is 1. The van der Waals surface area contributed by atoms with Crippen LogP contribution in [-0.4, -0.2) is 97.3 Å². The number of hydrogen-bond acceptors (Lipinski definition) is 9. The summed E-state index contributed by atoms with van der Waals surface area (Å²) in [5.41, 5.74) is -1.54. The Morgan fingerprint density at radius 1 is 1.05 bits per heavy atom. The molecule has 1 unspecified atom stereocenters. The fourth-order valence-electron chi connectivity index (χ4n) is 3.93. The number of carbonyl (C=O) groups is 3. The van der Waals surface area contributed by atoms with Gasteiger partial charge in [-0.2, -0.15) is 5.10 Å². The molecule has 1 fully saturated rings. The first-order valence-electron chi connectivity index (χ1n) is 12.4. The lowest BCUT2D eigenvalue weighted by Gasteiger charge is -2.27. The van der Waals surface area contributed by atoms with E-state index in [0.717, 1.165) is 57.1 Å². The molecule has 0 radical (unpaired) electrons. The summed E-state index contributed by atoms with van der Waals surface area (Å²) < 4.78 is 13.8. The Hall–Kier alpha value is -3.26. The van der Waals surface area contributed by atoms with E-state index < -0.39 is 36.4 Å². The Morgan fingerprint density at radius 3 is 2.24 bits per heavy atom. The van der Waals surface area contributed by atoms with Gasteiger partial charge in [-0.25, -0.2) is 9.48 Å². The average molecular weight is 539 g/mol. The van der Waals surface area contributed by atoms with Gasteiger partial charge in [-0.05, 0) is 58.5 Å². The minimum Gasteiger partial charge on any atom is -0.481 e. The molecule has 0 aliphatic carbocycles. The topological polar surface area (TPSA) is 179 Å². The van der Waals surface area contributed by atoms with Gasteiger partial charge >= 0.3 is 17.9 Å². The molecule has 0 spiro atoms. The van der Waals surface area contributed by atoms with Crippen LogP contribution < -0.4 is 0 Å². The zero-order chi connectivity index (χ0) is 28.3. The molecule has 13 heteroatoms. The van der Waals surface area contributed by atoms with E-state index in [1.54, 1.807) is 0 Å². The van der Waals surface area contributed by atoms with Crippen molar-refractivity contribution in [3.8, 4) is 0 Å². The lowest BCUT2D eigenvalue weighted by molar-refractivity contribution is -0.170. The van der Waals surface area contributed by atoms with Gasteiger partial charge in [-0.1, -0.05) is 0 Å². The minimum atomic E-state index is -2.74. The number of likely N-dealkylation sites (N-methyl/N-ethyl adjacent to an activating group) is 1. The molecule has 1 aliphatic rings. The summed E-state index contributed by atoms with van der Waals surface area (Å²) in [4.78, 5) is 35.1. The molecule has 13 nitrogen and oxygen atoms in total. The van der Waals surface area contributed by atoms with Gasteiger partial charge in [0.25, 0.3) is 0 Å². The summed E-state index contributed by atoms with van der Waals surface area (Å²) in [5.74, 6) is -3.05. The van der Waals surface area contributed by atoms with Gasteiger partial charge in [-0.3, -0.25) is 14.5 Å². The largest absolute Gasteiger partial charge is 0.481 e. The van der Waals surface area contributed by atoms with E-state index in [4.69, 9.17) is 29.6 Å². The van der Waals surface area contributed by atoms with Gasteiger partial charge in [0.1, 0.15) is 11.5 Å². The molecule has 2 aromatic rings. The molecule has 0 aromatic carbocycles. The van der Waals surface area contributed by atoms with Gasteiger partial charge in [-0.15, -0.1) is 0 Å². The average Bonchev–Trinajstić information content (AvgIpc) is 3.46. The van der Waals surface area contributed by atoms with Crippen molar-refractivity contribution in [3.63, 3.8) is 0 Å². The van der Waals surface area contributed by atoms with Crippen LogP contribution in [0, 0.1) is 6.92 Å². The highest BCUT2D eigenvalue weighted by Gasteiger charge is 2.40. The van der Waals surface area contributed by atoms with Crippen LogP contribution in [0.4, 0.5) is 0 Å². The Labute approximate surface area is 221 Å². The summed E-state index contributed by atoms with van der Waals surface area (Å²) in [6.07, 6.45) is 3.08. The smallest absolute Gasteiger partial charge is 0.336 e. The van der Waals surface area contributed by atoms with Gasteiger partial charge in [0.15, 0.2) is 11.8 Å². The van der Waals surface area contributed by atoms with E-state index in [1.807, 2.05) is 19.2 Å². The number of ether oxygens (including phenoxy) is 1. The van der Waals surface area contributed by atoms with Gasteiger partial charge in [0.2, 0.25) is 0 Å². The van der Waals surface area contributed by atoms with E-state index in [0.29, 0.717) is 0 Å². The van der Waals surface area contributed by atoms with Crippen molar-refractivity contribution in [2.75, 3.05) is 33.8 Å². The number of rotatable bonds is 13. The molecule has 4 N–H and O–H groups in total. The van der Waals surface area contributed by atoms with Crippen LogP contribution in [0.5, 0.6) is 0 Å². The molecular weight excluding hydrogens is 500 g/mol. The number of carboxylic acid groups (broad SMARTS) is 3.